The zero-order valence-corrected chi connectivity index (χ0v) is 10.3. The predicted molar refractivity (Wildman–Crippen MR) is 63.6 cm³/mol. The molecule has 0 radical (unpaired) electrons. The molecule has 92 valence electrons. The smallest absolute Gasteiger partial charge is 0.408 e. The van der Waals surface area contributed by atoms with Gasteiger partial charge in [0.2, 0.25) is 0 Å². The summed E-state index contributed by atoms with van der Waals surface area (Å²) in [6.07, 6.45) is -0.677. The first-order valence-corrected chi connectivity index (χ1v) is 5.69. The molecule has 0 aliphatic heterocycles. The van der Waals surface area contributed by atoms with Gasteiger partial charge in [0.05, 0.1) is 14.2 Å². The van der Waals surface area contributed by atoms with E-state index in [1.54, 1.807) is 0 Å². The second-order valence-electron chi connectivity index (χ2n) is 2.97. The second-order valence-corrected chi connectivity index (χ2v) is 4.15. The highest BCUT2D eigenvalue weighted by atomic mass is 32.2. The fraction of sp³-hybridized carbons (Fsp3) is 0.273. The van der Waals surface area contributed by atoms with Crippen LogP contribution in [0.5, 0.6) is 0 Å². The number of carbonyl (C=O) groups is 2. The van der Waals surface area contributed by atoms with E-state index in [0.29, 0.717) is 0 Å². The Morgan fingerprint density at radius 3 is 2.35 bits per heavy atom. The summed E-state index contributed by atoms with van der Waals surface area (Å²) in [6.45, 7) is 0. The molecule has 0 bridgehead atoms. The molecule has 1 aromatic rings. The zero-order valence-electron chi connectivity index (χ0n) is 9.51. The third-order valence-corrected chi connectivity index (χ3v) is 2.94. The summed E-state index contributed by atoms with van der Waals surface area (Å²) in [4.78, 5) is 23.4. The molecular formula is C11H13NO4S. The summed E-state index contributed by atoms with van der Waals surface area (Å²) in [5.74, 6) is -0.538. The van der Waals surface area contributed by atoms with Crippen molar-refractivity contribution >= 4 is 23.8 Å². The molecule has 0 saturated heterocycles. The van der Waals surface area contributed by atoms with Crippen molar-refractivity contribution in [3.8, 4) is 0 Å². The van der Waals surface area contributed by atoms with Crippen molar-refractivity contribution in [2.45, 2.75) is 10.3 Å². The minimum atomic E-state index is -0.824. The Kier molecular flexibility index (Phi) is 5.35. The Balaban J connectivity index is 2.70. The highest BCUT2D eigenvalue weighted by Crippen LogP contribution is 2.22. The van der Waals surface area contributed by atoms with Crippen LogP contribution in [0.1, 0.15) is 0 Å². The summed E-state index contributed by atoms with van der Waals surface area (Å²) in [5, 5.41) is 1.57. The molecule has 1 N–H and O–H groups in total. The van der Waals surface area contributed by atoms with Gasteiger partial charge in [-0.2, -0.15) is 0 Å². The van der Waals surface area contributed by atoms with E-state index in [-0.39, 0.29) is 0 Å². The lowest BCUT2D eigenvalue weighted by atomic mass is 10.4. The molecule has 0 spiro atoms. The molecule has 1 unspecified atom stereocenters. The summed E-state index contributed by atoms with van der Waals surface area (Å²) in [7, 11) is 2.50. The van der Waals surface area contributed by atoms with E-state index in [2.05, 4.69) is 14.8 Å². The maximum absolute atomic E-state index is 11.5. The molecule has 0 saturated carbocycles. The molecule has 17 heavy (non-hydrogen) atoms. The molecule has 1 rings (SSSR count). The lowest BCUT2D eigenvalue weighted by molar-refractivity contribution is -0.140. The second kappa shape index (κ2) is 6.80. The fourth-order valence-electron chi connectivity index (χ4n) is 1.04. The van der Waals surface area contributed by atoms with E-state index < -0.39 is 17.4 Å². The first-order valence-electron chi connectivity index (χ1n) is 4.81. The number of hydrogen-bond acceptors (Lipinski definition) is 5. The predicted octanol–water partition coefficient (Wildman–Crippen LogP) is 1.63. The quantitative estimate of drug-likeness (QED) is 0.503. The first-order chi connectivity index (χ1) is 8.17. The van der Waals surface area contributed by atoms with Gasteiger partial charge < -0.3 is 9.47 Å². The van der Waals surface area contributed by atoms with Crippen molar-refractivity contribution in [2.24, 2.45) is 0 Å². The number of thioether (sulfide) groups is 1. The fourth-order valence-corrected chi connectivity index (χ4v) is 1.98. The number of esters is 1. The number of rotatable bonds is 4. The molecule has 0 fully saturated rings. The summed E-state index contributed by atoms with van der Waals surface area (Å²) in [5.41, 5.74) is 0. The van der Waals surface area contributed by atoms with Crippen LogP contribution in [0.4, 0.5) is 4.79 Å². The minimum absolute atomic E-state index is 0.538. The molecular weight excluding hydrogens is 242 g/mol. The number of methoxy groups -OCH3 is 2. The third-order valence-electron chi connectivity index (χ3n) is 1.85. The number of alkyl carbamates (subject to hydrolysis) is 1. The van der Waals surface area contributed by atoms with Crippen LogP contribution in [0.3, 0.4) is 0 Å². The number of ether oxygens (including phenoxy) is 2. The Morgan fingerprint density at radius 2 is 1.82 bits per heavy atom. The van der Waals surface area contributed by atoms with Crippen LogP contribution in [0, 0.1) is 0 Å². The largest absolute Gasteiger partial charge is 0.467 e. The molecule has 0 aliphatic carbocycles. The maximum atomic E-state index is 11.5. The van der Waals surface area contributed by atoms with E-state index in [9.17, 15) is 9.59 Å². The van der Waals surface area contributed by atoms with Crippen LogP contribution in [0.25, 0.3) is 0 Å². The average molecular weight is 255 g/mol. The Hall–Kier alpha value is -1.69. The van der Waals surface area contributed by atoms with Gasteiger partial charge in [-0.1, -0.05) is 30.0 Å². The number of benzene rings is 1. The lowest BCUT2D eigenvalue weighted by Gasteiger charge is -2.14. The molecule has 0 aromatic heterocycles. The van der Waals surface area contributed by atoms with Crippen LogP contribution in [0.15, 0.2) is 35.2 Å². The molecule has 5 nitrogen and oxygen atoms in total. The van der Waals surface area contributed by atoms with Gasteiger partial charge in [0, 0.05) is 4.90 Å². The first kappa shape index (κ1) is 13.4. The number of amides is 1. The van der Waals surface area contributed by atoms with E-state index in [1.165, 1.54) is 26.0 Å². The lowest BCUT2D eigenvalue weighted by Crippen LogP contribution is -2.38. The molecule has 1 atom stereocenters. The van der Waals surface area contributed by atoms with Crippen LogP contribution in [-0.4, -0.2) is 31.7 Å². The average Bonchev–Trinajstić information content (AvgIpc) is 2.38. The van der Waals surface area contributed by atoms with Gasteiger partial charge in [-0.25, -0.2) is 9.59 Å². The molecule has 0 heterocycles. The molecule has 6 heteroatoms. The van der Waals surface area contributed by atoms with Crippen LogP contribution < -0.4 is 5.32 Å². The van der Waals surface area contributed by atoms with Gasteiger partial charge in [0.15, 0.2) is 5.37 Å². The third kappa shape index (κ3) is 4.36. The Labute approximate surface area is 103 Å². The topological polar surface area (TPSA) is 64.6 Å². The monoisotopic (exact) mass is 255 g/mol. The number of nitrogens with one attached hydrogen (secondary N) is 1. The van der Waals surface area contributed by atoms with Crippen molar-refractivity contribution in [1.29, 1.82) is 0 Å². The molecule has 1 aromatic carbocycles. The van der Waals surface area contributed by atoms with E-state index in [1.807, 2.05) is 30.3 Å². The van der Waals surface area contributed by atoms with Crippen LogP contribution in [0.2, 0.25) is 0 Å². The van der Waals surface area contributed by atoms with Crippen LogP contribution in [-0.2, 0) is 14.3 Å². The summed E-state index contributed by atoms with van der Waals surface area (Å²) in [6, 6.07) is 9.22. The van der Waals surface area contributed by atoms with E-state index in [0.717, 1.165) is 4.90 Å². The van der Waals surface area contributed by atoms with Gasteiger partial charge in [-0.3, -0.25) is 5.32 Å². The highest BCUT2D eigenvalue weighted by molar-refractivity contribution is 8.00. The van der Waals surface area contributed by atoms with E-state index >= 15 is 0 Å². The van der Waals surface area contributed by atoms with Crippen molar-refractivity contribution in [2.75, 3.05) is 14.2 Å². The van der Waals surface area contributed by atoms with Gasteiger partial charge in [-0.05, 0) is 12.1 Å². The maximum Gasteiger partial charge on any atom is 0.408 e. The van der Waals surface area contributed by atoms with Crippen molar-refractivity contribution in [3.05, 3.63) is 30.3 Å². The van der Waals surface area contributed by atoms with Crippen molar-refractivity contribution in [1.82, 2.24) is 5.32 Å². The van der Waals surface area contributed by atoms with Gasteiger partial charge in [-0.15, -0.1) is 0 Å². The van der Waals surface area contributed by atoms with Crippen molar-refractivity contribution in [3.63, 3.8) is 0 Å². The SMILES string of the molecule is COC(=O)NC(Sc1ccccc1)C(=O)OC. The minimum Gasteiger partial charge on any atom is -0.467 e. The van der Waals surface area contributed by atoms with Gasteiger partial charge in [0.25, 0.3) is 0 Å². The Bertz CT molecular complexity index is 382. The van der Waals surface area contributed by atoms with E-state index in [4.69, 9.17) is 0 Å². The highest BCUT2D eigenvalue weighted by Gasteiger charge is 2.22. The standard InChI is InChI=1S/C11H13NO4S/c1-15-10(13)9(12-11(14)16-2)17-8-6-4-3-5-7-8/h3-7,9H,1-2H3,(H,12,14). The van der Waals surface area contributed by atoms with Gasteiger partial charge in [0.1, 0.15) is 0 Å². The van der Waals surface area contributed by atoms with Gasteiger partial charge >= 0.3 is 12.1 Å². The normalized spacial score (nSPS) is 11.4. The molecule has 1 amide bonds. The van der Waals surface area contributed by atoms with Crippen molar-refractivity contribution < 1.29 is 19.1 Å². The summed E-state index contributed by atoms with van der Waals surface area (Å²) < 4.78 is 9.04. The Morgan fingerprint density at radius 1 is 1.18 bits per heavy atom. The molecule has 0 aliphatic rings. The summed E-state index contributed by atoms with van der Waals surface area (Å²) >= 11 is 1.18. The zero-order chi connectivity index (χ0) is 12.7. The van der Waals surface area contributed by atoms with Crippen LogP contribution >= 0.6 is 11.8 Å². The number of hydrogen-bond donors (Lipinski definition) is 1. The number of carbonyl (C=O) groups excluding carboxylic acids is 2.